The molecule has 1 aromatic rings. The highest BCUT2D eigenvalue weighted by Gasteiger charge is 2.36. The number of aliphatic hydroxyl groups excluding tert-OH is 1. The van der Waals surface area contributed by atoms with Crippen molar-refractivity contribution in [3.05, 3.63) is 35.4 Å². The Bertz CT molecular complexity index is 506. The van der Waals surface area contributed by atoms with E-state index in [4.69, 9.17) is 5.11 Å². The summed E-state index contributed by atoms with van der Waals surface area (Å²) in [7, 11) is -3.22. The summed E-state index contributed by atoms with van der Waals surface area (Å²) in [5, 5.41) is 8.97. The maximum absolute atomic E-state index is 12.4. The number of nitrogens with zero attached hydrogens (tertiary/aromatic N) is 1. The van der Waals surface area contributed by atoms with E-state index in [0.29, 0.717) is 6.54 Å². The Morgan fingerprint density at radius 1 is 1.21 bits per heavy atom. The first-order chi connectivity index (χ1) is 9.06. The van der Waals surface area contributed by atoms with Crippen molar-refractivity contribution in [1.29, 1.82) is 0 Å². The maximum atomic E-state index is 12.4. The van der Waals surface area contributed by atoms with Gasteiger partial charge >= 0.3 is 0 Å². The Labute approximate surface area is 115 Å². The highest BCUT2D eigenvalue weighted by molar-refractivity contribution is 7.88. The van der Waals surface area contributed by atoms with Crippen molar-refractivity contribution in [3.8, 4) is 0 Å². The van der Waals surface area contributed by atoms with Gasteiger partial charge in [-0.2, -0.15) is 4.31 Å². The van der Waals surface area contributed by atoms with Gasteiger partial charge in [0.15, 0.2) is 0 Å². The van der Waals surface area contributed by atoms with Crippen LogP contribution in [0.2, 0.25) is 0 Å². The van der Waals surface area contributed by atoms with Crippen LogP contribution in [0.5, 0.6) is 0 Å². The van der Waals surface area contributed by atoms with Gasteiger partial charge in [-0.05, 0) is 30.4 Å². The van der Waals surface area contributed by atoms with Crippen molar-refractivity contribution >= 4 is 10.0 Å². The standard InChI is InChI=1S/C14H21NO3S/c1-2-9-15(14-7-8-14)19(17,18)11-13-5-3-12(10-16)4-6-13/h3-6,14,16H,2,7-11H2,1H3. The monoisotopic (exact) mass is 283 g/mol. The van der Waals surface area contributed by atoms with Gasteiger partial charge in [-0.25, -0.2) is 8.42 Å². The molecule has 19 heavy (non-hydrogen) atoms. The third kappa shape index (κ3) is 3.78. The van der Waals surface area contributed by atoms with Crippen LogP contribution in [0.1, 0.15) is 37.3 Å². The Balaban J connectivity index is 2.10. The fourth-order valence-corrected chi connectivity index (χ4v) is 4.07. The number of hydrogen-bond donors (Lipinski definition) is 1. The fourth-order valence-electron chi connectivity index (χ4n) is 2.17. The summed E-state index contributed by atoms with van der Waals surface area (Å²) in [6.45, 7) is 2.60. The Morgan fingerprint density at radius 3 is 2.26 bits per heavy atom. The minimum atomic E-state index is -3.22. The third-order valence-corrected chi connectivity index (χ3v) is 5.20. The molecule has 0 spiro atoms. The van der Waals surface area contributed by atoms with Crippen LogP contribution in [0.25, 0.3) is 0 Å². The normalized spacial score (nSPS) is 15.9. The van der Waals surface area contributed by atoms with Crippen LogP contribution in [-0.4, -0.2) is 30.4 Å². The molecule has 0 saturated heterocycles. The lowest BCUT2D eigenvalue weighted by atomic mass is 10.2. The summed E-state index contributed by atoms with van der Waals surface area (Å²) in [6.07, 6.45) is 2.82. The highest BCUT2D eigenvalue weighted by Crippen LogP contribution is 2.30. The van der Waals surface area contributed by atoms with E-state index in [1.165, 1.54) is 0 Å². The lowest BCUT2D eigenvalue weighted by Gasteiger charge is -2.21. The molecule has 0 bridgehead atoms. The fraction of sp³-hybridized carbons (Fsp3) is 0.571. The zero-order chi connectivity index (χ0) is 13.9. The van der Waals surface area contributed by atoms with Crippen LogP contribution in [0.15, 0.2) is 24.3 Å². The summed E-state index contributed by atoms with van der Waals surface area (Å²) < 4.78 is 26.5. The zero-order valence-corrected chi connectivity index (χ0v) is 12.1. The summed E-state index contributed by atoms with van der Waals surface area (Å²) in [4.78, 5) is 0. The highest BCUT2D eigenvalue weighted by atomic mass is 32.2. The van der Waals surface area contributed by atoms with Crippen LogP contribution in [0.3, 0.4) is 0 Å². The molecule has 0 radical (unpaired) electrons. The zero-order valence-electron chi connectivity index (χ0n) is 11.2. The van der Waals surface area contributed by atoms with Crippen molar-refractivity contribution in [2.45, 2.75) is 44.6 Å². The molecule has 5 heteroatoms. The van der Waals surface area contributed by atoms with E-state index in [2.05, 4.69) is 0 Å². The van der Waals surface area contributed by atoms with E-state index in [1.54, 1.807) is 28.6 Å². The van der Waals surface area contributed by atoms with Crippen LogP contribution >= 0.6 is 0 Å². The van der Waals surface area contributed by atoms with Gasteiger partial charge in [-0.3, -0.25) is 0 Å². The number of hydrogen-bond acceptors (Lipinski definition) is 3. The minimum Gasteiger partial charge on any atom is -0.392 e. The van der Waals surface area contributed by atoms with Gasteiger partial charge in [0, 0.05) is 12.6 Å². The van der Waals surface area contributed by atoms with Gasteiger partial charge in [0.1, 0.15) is 0 Å². The van der Waals surface area contributed by atoms with Gasteiger partial charge in [0.25, 0.3) is 0 Å². The van der Waals surface area contributed by atoms with E-state index in [0.717, 1.165) is 30.4 Å². The molecular weight excluding hydrogens is 262 g/mol. The van der Waals surface area contributed by atoms with E-state index in [9.17, 15) is 8.42 Å². The molecule has 0 amide bonds. The number of rotatable bonds is 7. The first-order valence-electron chi connectivity index (χ1n) is 6.75. The molecular formula is C14H21NO3S. The predicted octanol–water partition coefficient (Wildman–Crippen LogP) is 1.88. The van der Waals surface area contributed by atoms with Gasteiger partial charge in [0.05, 0.1) is 12.4 Å². The number of benzene rings is 1. The van der Waals surface area contributed by atoms with Crippen molar-refractivity contribution in [1.82, 2.24) is 4.31 Å². The molecule has 1 N–H and O–H groups in total. The largest absolute Gasteiger partial charge is 0.392 e. The van der Waals surface area contributed by atoms with Crippen LogP contribution in [0.4, 0.5) is 0 Å². The average Bonchev–Trinajstić information content (AvgIpc) is 3.20. The molecule has 0 atom stereocenters. The number of sulfonamides is 1. The predicted molar refractivity (Wildman–Crippen MR) is 75.0 cm³/mol. The molecule has 4 nitrogen and oxygen atoms in total. The molecule has 106 valence electrons. The van der Waals surface area contributed by atoms with E-state index in [-0.39, 0.29) is 18.4 Å². The van der Waals surface area contributed by atoms with Crippen molar-refractivity contribution in [2.75, 3.05) is 6.54 Å². The topological polar surface area (TPSA) is 57.6 Å². The second-order valence-electron chi connectivity index (χ2n) is 5.07. The van der Waals surface area contributed by atoms with Gasteiger partial charge < -0.3 is 5.11 Å². The van der Waals surface area contributed by atoms with Gasteiger partial charge in [-0.1, -0.05) is 31.2 Å². The Kier molecular flexibility index (Phi) is 4.60. The van der Waals surface area contributed by atoms with Gasteiger partial charge in [-0.15, -0.1) is 0 Å². The molecule has 1 aliphatic rings. The van der Waals surface area contributed by atoms with Crippen molar-refractivity contribution < 1.29 is 13.5 Å². The van der Waals surface area contributed by atoms with Crippen LogP contribution in [0, 0.1) is 0 Å². The molecule has 1 fully saturated rings. The van der Waals surface area contributed by atoms with E-state index in [1.807, 2.05) is 6.92 Å². The third-order valence-electron chi connectivity index (χ3n) is 3.31. The van der Waals surface area contributed by atoms with E-state index < -0.39 is 10.0 Å². The second kappa shape index (κ2) is 6.03. The minimum absolute atomic E-state index is 0.0168. The molecule has 0 aliphatic heterocycles. The molecule has 1 aromatic carbocycles. The lowest BCUT2D eigenvalue weighted by molar-refractivity contribution is 0.282. The Hall–Kier alpha value is -0.910. The summed E-state index contributed by atoms with van der Waals surface area (Å²) >= 11 is 0. The van der Waals surface area contributed by atoms with Crippen molar-refractivity contribution in [2.24, 2.45) is 0 Å². The number of aliphatic hydroxyl groups is 1. The van der Waals surface area contributed by atoms with Crippen LogP contribution in [-0.2, 0) is 22.4 Å². The lowest BCUT2D eigenvalue weighted by Crippen LogP contribution is -2.34. The molecule has 0 heterocycles. The quantitative estimate of drug-likeness (QED) is 0.831. The van der Waals surface area contributed by atoms with Crippen molar-refractivity contribution in [3.63, 3.8) is 0 Å². The molecule has 1 saturated carbocycles. The average molecular weight is 283 g/mol. The smallest absolute Gasteiger partial charge is 0.218 e. The van der Waals surface area contributed by atoms with Gasteiger partial charge in [0.2, 0.25) is 10.0 Å². The molecule has 1 aliphatic carbocycles. The SMILES string of the molecule is CCCN(C1CC1)S(=O)(=O)Cc1ccc(CO)cc1. The second-order valence-corrected chi connectivity index (χ2v) is 6.99. The Morgan fingerprint density at radius 2 is 1.79 bits per heavy atom. The first-order valence-corrected chi connectivity index (χ1v) is 8.36. The maximum Gasteiger partial charge on any atom is 0.218 e. The summed E-state index contributed by atoms with van der Waals surface area (Å²) in [5.74, 6) is 0.0508. The molecule has 0 aromatic heterocycles. The molecule has 2 rings (SSSR count). The first kappa shape index (κ1) is 14.5. The van der Waals surface area contributed by atoms with Crippen LogP contribution < -0.4 is 0 Å². The molecule has 0 unspecified atom stereocenters. The van der Waals surface area contributed by atoms with E-state index >= 15 is 0 Å². The summed E-state index contributed by atoms with van der Waals surface area (Å²) in [6, 6.07) is 7.32. The summed E-state index contributed by atoms with van der Waals surface area (Å²) in [5.41, 5.74) is 1.58.